The Morgan fingerprint density at radius 1 is 1.33 bits per heavy atom. The van der Waals surface area contributed by atoms with E-state index in [0.717, 1.165) is 11.4 Å². The van der Waals surface area contributed by atoms with E-state index < -0.39 is 0 Å². The first-order chi connectivity index (χ1) is 11.7. The number of urea groups is 1. The minimum Gasteiger partial charge on any atom is -0.464 e. The minimum absolute atomic E-state index is 0.258. The third kappa shape index (κ3) is 3.54. The molecule has 0 unspecified atom stereocenters. The molecule has 8 heteroatoms. The lowest BCUT2D eigenvalue weighted by molar-refractivity contribution is 0.156. The van der Waals surface area contributed by atoms with E-state index in [1.807, 2.05) is 47.9 Å². The number of hydrogen-bond acceptors (Lipinski definition) is 5. The van der Waals surface area contributed by atoms with Gasteiger partial charge in [0.15, 0.2) is 11.5 Å². The molecule has 0 saturated heterocycles. The monoisotopic (exact) mass is 329 g/mol. The van der Waals surface area contributed by atoms with Gasteiger partial charge in [-0.25, -0.2) is 4.79 Å². The quantitative estimate of drug-likeness (QED) is 0.719. The summed E-state index contributed by atoms with van der Waals surface area (Å²) in [6.07, 6.45) is 1.85. The first-order valence-electron chi connectivity index (χ1n) is 7.55. The molecule has 0 aliphatic carbocycles. The molecule has 0 bridgehead atoms. The fourth-order valence-corrected chi connectivity index (χ4v) is 2.38. The van der Waals surface area contributed by atoms with Crippen LogP contribution >= 0.6 is 0 Å². The number of carbonyl (C=O) groups excluding carboxylic acids is 1. The Kier molecular flexibility index (Phi) is 4.76. The smallest absolute Gasteiger partial charge is 0.315 e. The SMILES string of the molecule is COC[C@H](NC(=O)NCc1nnc2ccccn12)c1ccc(C)o1. The minimum atomic E-state index is -0.362. The maximum Gasteiger partial charge on any atom is 0.315 e. The van der Waals surface area contributed by atoms with E-state index in [-0.39, 0.29) is 18.6 Å². The number of pyridine rings is 1. The number of nitrogens with zero attached hydrogens (tertiary/aromatic N) is 3. The highest BCUT2D eigenvalue weighted by atomic mass is 16.5. The molecule has 3 rings (SSSR count). The largest absolute Gasteiger partial charge is 0.464 e. The number of aromatic nitrogens is 3. The number of ether oxygens (including phenoxy) is 1. The number of aryl methyl sites for hydroxylation is 1. The van der Waals surface area contributed by atoms with Crippen LogP contribution in [0.4, 0.5) is 4.79 Å². The van der Waals surface area contributed by atoms with Gasteiger partial charge in [-0.3, -0.25) is 4.40 Å². The van der Waals surface area contributed by atoms with Gasteiger partial charge < -0.3 is 19.8 Å². The zero-order chi connectivity index (χ0) is 16.9. The highest BCUT2D eigenvalue weighted by Crippen LogP contribution is 2.16. The van der Waals surface area contributed by atoms with E-state index in [1.165, 1.54) is 0 Å². The summed E-state index contributed by atoms with van der Waals surface area (Å²) in [6, 6.07) is 8.59. The molecule has 24 heavy (non-hydrogen) atoms. The number of fused-ring (bicyclic) bond motifs is 1. The molecular weight excluding hydrogens is 310 g/mol. The van der Waals surface area contributed by atoms with Crippen LogP contribution in [0.2, 0.25) is 0 Å². The van der Waals surface area contributed by atoms with Crippen molar-refractivity contribution >= 4 is 11.7 Å². The van der Waals surface area contributed by atoms with Crippen LogP contribution in [0.1, 0.15) is 23.4 Å². The van der Waals surface area contributed by atoms with Crippen molar-refractivity contribution in [2.24, 2.45) is 0 Å². The van der Waals surface area contributed by atoms with Crippen molar-refractivity contribution in [2.45, 2.75) is 19.5 Å². The fraction of sp³-hybridized carbons (Fsp3) is 0.312. The molecule has 0 aliphatic heterocycles. The molecule has 0 radical (unpaired) electrons. The van der Waals surface area contributed by atoms with Crippen LogP contribution in [0, 0.1) is 6.92 Å². The number of amides is 2. The predicted molar refractivity (Wildman–Crippen MR) is 86.4 cm³/mol. The van der Waals surface area contributed by atoms with Crippen LogP contribution in [0.5, 0.6) is 0 Å². The summed E-state index contributed by atoms with van der Waals surface area (Å²) in [7, 11) is 1.57. The summed E-state index contributed by atoms with van der Waals surface area (Å²) < 4.78 is 12.5. The van der Waals surface area contributed by atoms with E-state index in [2.05, 4.69) is 20.8 Å². The third-order valence-electron chi connectivity index (χ3n) is 3.53. The van der Waals surface area contributed by atoms with Crippen LogP contribution in [-0.4, -0.2) is 34.3 Å². The summed E-state index contributed by atoms with van der Waals surface area (Å²) in [5, 5.41) is 13.7. The van der Waals surface area contributed by atoms with Gasteiger partial charge in [0.25, 0.3) is 0 Å². The number of hydrogen-bond donors (Lipinski definition) is 2. The Bertz CT molecular complexity index is 826. The Morgan fingerprint density at radius 2 is 2.21 bits per heavy atom. The van der Waals surface area contributed by atoms with Crippen molar-refractivity contribution in [1.29, 1.82) is 0 Å². The van der Waals surface area contributed by atoms with Crippen molar-refractivity contribution in [3.63, 3.8) is 0 Å². The summed E-state index contributed by atoms with van der Waals surface area (Å²) in [5.74, 6) is 2.08. The molecule has 3 heterocycles. The molecule has 0 aromatic carbocycles. The predicted octanol–water partition coefficient (Wildman–Crippen LogP) is 1.82. The van der Waals surface area contributed by atoms with Crippen molar-refractivity contribution in [2.75, 3.05) is 13.7 Å². The zero-order valence-electron chi connectivity index (χ0n) is 13.5. The first-order valence-corrected chi connectivity index (χ1v) is 7.55. The third-order valence-corrected chi connectivity index (χ3v) is 3.53. The van der Waals surface area contributed by atoms with Gasteiger partial charge >= 0.3 is 6.03 Å². The second kappa shape index (κ2) is 7.14. The fourth-order valence-electron chi connectivity index (χ4n) is 2.38. The molecule has 8 nitrogen and oxygen atoms in total. The summed E-state index contributed by atoms with van der Waals surface area (Å²) >= 11 is 0. The van der Waals surface area contributed by atoms with Gasteiger partial charge in [-0.1, -0.05) is 6.07 Å². The van der Waals surface area contributed by atoms with Gasteiger partial charge in [0.1, 0.15) is 17.6 Å². The Morgan fingerprint density at radius 3 is 2.96 bits per heavy atom. The van der Waals surface area contributed by atoms with E-state index in [9.17, 15) is 4.79 Å². The van der Waals surface area contributed by atoms with Gasteiger partial charge in [0.05, 0.1) is 13.2 Å². The molecule has 3 aromatic rings. The Hall–Kier alpha value is -2.87. The molecule has 2 amide bonds. The van der Waals surface area contributed by atoms with Crippen LogP contribution in [-0.2, 0) is 11.3 Å². The van der Waals surface area contributed by atoms with Gasteiger partial charge in [-0.15, -0.1) is 10.2 Å². The standard InChI is InChI=1S/C16H19N5O3/c1-11-6-7-13(24-11)12(10-23-2)18-16(22)17-9-15-20-19-14-5-3-4-8-21(14)15/h3-8,12H,9-10H2,1-2H3,(H2,17,18,22)/t12-/m0/s1. The molecule has 0 spiro atoms. The Labute approximate surface area is 138 Å². The van der Waals surface area contributed by atoms with E-state index in [4.69, 9.17) is 9.15 Å². The maximum atomic E-state index is 12.2. The van der Waals surface area contributed by atoms with Crippen LogP contribution < -0.4 is 10.6 Å². The van der Waals surface area contributed by atoms with E-state index in [0.29, 0.717) is 18.2 Å². The average Bonchev–Trinajstić information content (AvgIpc) is 3.19. The van der Waals surface area contributed by atoms with E-state index in [1.54, 1.807) is 7.11 Å². The topological polar surface area (TPSA) is 93.7 Å². The lowest BCUT2D eigenvalue weighted by Crippen LogP contribution is -2.39. The number of carbonyl (C=O) groups is 1. The van der Waals surface area contributed by atoms with Gasteiger partial charge in [-0.05, 0) is 31.2 Å². The second-order valence-electron chi connectivity index (χ2n) is 5.33. The lowest BCUT2D eigenvalue weighted by atomic mass is 10.2. The zero-order valence-corrected chi connectivity index (χ0v) is 13.5. The number of rotatable bonds is 6. The highest BCUT2D eigenvalue weighted by molar-refractivity contribution is 5.74. The lowest BCUT2D eigenvalue weighted by Gasteiger charge is -2.16. The Balaban J connectivity index is 1.61. The number of nitrogens with one attached hydrogen (secondary N) is 2. The first kappa shape index (κ1) is 16.0. The molecular formula is C16H19N5O3. The van der Waals surface area contributed by atoms with Gasteiger partial charge in [0.2, 0.25) is 0 Å². The van der Waals surface area contributed by atoms with Crippen LogP contribution in [0.3, 0.4) is 0 Å². The average molecular weight is 329 g/mol. The molecule has 1 atom stereocenters. The molecule has 0 aliphatic rings. The van der Waals surface area contributed by atoms with Crippen molar-refractivity contribution in [3.05, 3.63) is 53.9 Å². The van der Waals surface area contributed by atoms with Crippen molar-refractivity contribution in [1.82, 2.24) is 25.2 Å². The van der Waals surface area contributed by atoms with Crippen molar-refractivity contribution in [3.8, 4) is 0 Å². The molecule has 0 saturated carbocycles. The van der Waals surface area contributed by atoms with E-state index >= 15 is 0 Å². The molecule has 2 N–H and O–H groups in total. The van der Waals surface area contributed by atoms with Crippen LogP contribution in [0.25, 0.3) is 5.65 Å². The summed E-state index contributed by atoms with van der Waals surface area (Å²) in [6.45, 7) is 2.42. The van der Waals surface area contributed by atoms with Gasteiger partial charge in [0, 0.05) is 13.3 Å². The molecule has 126 valence electrons. The summed E-state index contributed by atoms with van der Waals surface area (Å²) in [5.41, 5.74) is 0.734. The normalized spacial score (nSPS) is 12.2. The maximum absolute atomic E-state index is 12.2. The van der Waals surface area contributed by atoms with Crippen LogP contribution in [0.15, 0.2) is 40.9 Å². The second-order valence-corrected chi connectivity index (χ2v) is 5.33. The number of furan rings is 1. The summed E-state index contributed by atoms with van der Waals surface area (Å²) in [4.78, 5) is 12.2. The number of methoxy groups -OCH3 is 1. The van der Waals surface area contributed by atoms with Crippen molar-refractivity contribution < 1.29 is 13.9 Å². The van der Waals surface area contributed by atoms with Gasteiger partial charge in [-0.2, -0.15) is 0 Å². The molecule has 3 aromatic heterocycles. The highest BCUT2D eigenvalue weighted by Gasteiger charge is 2.18. The molecule has 0 fully saturated rings.